The largest absolute Gasteiger partial charge is 0.383 e. The molecule has 0 radical (unpaired) electrons. The molecule has 88 valence electrons. The van der Waals surface area contributed by atoms with E-state index in [1.807, 2.05) is 0 Å². The van der Waals surface area contributed by atoms with Gasteiger partial charge in [0.15, 0.2) is 17.5 Å². The van der Waals surface area contributed by atoms with Crippen LogP contribution in [0.3, 0.4) is 0 Å². The van der Waals surface area contributed by atoms with Gasteiger partial charge in [0.05, 0.1) is 0 Å². The molecule has 16 heavy (non-hydrogen) atoms. The van der Waals surface area contributed by atoms with E-state index in [0.29, 0.717) is 0 Å². The van der Waals surface area contributed by atoms with Crippen LogP contribution in [0.4, 0.5) is 18.9 Å². The minimum atomic E-state index is -1.55. The third-order valence-corrected chi connectivity index (χ3v) is 1.88. The van der Waals surface area contributed by atoms with Gasteiger partial charge in [-0.15, -0.1) is 0 Å². The Morgan fingerprint density at radius 2 is 1.81 bits per heavy atom. The number of rotatable bonds is 4. The fourth-order valence-corrected chi connectivity index (χ4v) is 0.986. The number of hydrogen-bond donors (Lipinski definition) is 3. The zero-order valence-corrected chi connectivity index (χ0v) is 8.14. The third-order valence-electron chi connectivity index (χ3n) is 1.88. The van der Waals surface area contributed by atoms with Gasteiger partial charge in [0.1, 0.15) is 6.04 Å². The van der Waals surface area contributed by atoms with Crippen LogP contribution < -0.4 is 16.8 Å². The summed E-state index contributed by atoms with van der Waals surface area (Å²) in [6.07, 6.45) is 0. The van der Waals surface area contributed by atoms with E-state index in [1.165, 1.54) is 0 Å². The monoisotopic (exact) mass is 233 g/mol. The van der Waals surface area contributed by atoms with Gasteiger partial charge in [-0.25, -0.2) is 13.2 Å². The summed E-state index contributed by atoms with van der Waals surface area (Å²) >= 11 is 0. The Balaban J connectivity index is 2.72. The fraction of sp³-hybridized carbons (Fsp3) is 0.222. The average molecular weight is 233 g/mol. The van der Waals surface area contributed by atoms with Crippen LogP contribution in [0.15, 0.2) is 12.1 Å². The van der Waals surface area contributed by atoms with Crippen molar-refractivity contribution in [3.63, 3.8) is 0 Å². The van der Waals surface area contributed by atoms with E-state index in [2.05, 4.69) is 5.32 Å². The zero-order chi connectivity index (χ0) is 12.3. The quantitative estimate of drug-likeness (QED) is 0.655. The summed E-state index contributed by atoms with van der Waals surface area (Å²) in [5, 5.41) is 2.46. The molecule has 0 aromatic heterocycles. The summed E-state index contributed by atoms with van der Waals surface area (Å²) in [7, 11) is 0. The van der Waals surface area contributed by atoms with E-state index in [1.54, 1.807) is 0 Å². The number of primary amides is 1. The van der Waals surface area contributed by atoms with Gasteiger partial charge in [0.2, 0.25) is 5.91 Å². The first-order chi connectivity index (χ1) is 7.41. The molecule has 5 N–H and O–H groups in total. The van der Waals surface area contributed by atoms with Crippen molar-refractivity contribution >= 4 is 11.6 Å². The summed E-state index contributed by atoms with van der Waals surface area (Å²) in [6.45, 7) is -0.0974. The second-order valence-electron chi connectivity index (χ2n) is 3.14. The third kappa shape index (κ3) is 2.86. The number of hydrogen-bond acceptors (Lipinski definition) is 3. The van der Waals surface area contributed by atoms with Gasteiger partial charge in [0, 0.05) is 24.4 Å². The Morgan fingerprint density at radius 3 is 2.25 bits per heavy atom. The number of anilines is 1. The van der Waals surface area contributed by atoms with Crippen molar-refractivity contribution < 1.29 is 18.0 Å². The Kier molecular flexibility index (Phi) is 3.73. The van der Waals surface area contributed by atoms with E-state index in [-0.39, 0.29) is 12.2 Å². The van der Waals surface area contributed by atoms with Crippen molar-refractivity contribution in [1.29, 1.82) is 0 Å². The normalized spacial score (nSPS) is 12.2. The molecular weight excluding hydrogens is 223 g/mol. The van der Waals surface area contributed by atoms with Crippen molar-refractivity contribution in [3.05, 3.63) is 29.6 Å². The van der Waals surface area contributed by atoms with Crippen molar-refractivity contribution in [2.24, 2.45) is 11.5 Å². The zero-order valence-electron chi connectivity index (χ0n) is 8.14. The molecule has 0 aliphatic carbocycles. The first-order valence-electron chi connectivity index (χ1n) is 4.35. The predicted octanol–water partition coefficient (Wildman–Crippen LogP) is 0.328. The second-order valence-corrected chi connectivity index (χ2v) is 3.14. The number of nitrogens with one attached hydrogen (secondary N) is 1. The van der Waals surface area contributed by atoms with Gasteiger partial charge < -0.3 is 16.8 Å². The highest BCUT2D eigenvalue weighted by molar-refractivity contribution is 5.80. The lowest BCUT2D eigenvalue weighted by Gasteiger charge is -2.10. The van der Waals surface area contributed by atoms with Gasteiger partial charge in [-0.05, 0) is 0 Å². The fourth-order valence-electron chi connectivity index (χ4n) is 0.986. The van der Waals surface area contributed by atoms with Crippen molar-refractivity contribution in [3.8, 4) is 0 Å². The van der Waals surface area contributed by atoms with Crippen LogP contribution in [0.5, 0.6) is 0 Å². The molecule has 7 heteroatoms. The van der Waals surface area contributed by atoms with Crippen LogP contribution in [0.25, 0.3) is 0 Å². The maximum absolute atomic E-state index is 12.7. The highest BCUT2D eigenvalue weighted by Crippen LogP contribution is 2.16. The lowest BCUT2D eigenvalue weighted by Crippen LogP contribution is -2.41. The van der Waals surface area contributed by atoms with Gasteiger partial charge in [0.25, 0.3) is 0 Å². The van der Waals surface area contributed by atoms with Crippen molar-refractivity contribution in [2.75, 3.05) is 11.9 Å². The van der Waals surface area contributed by atoms with Crippen LogP contribution in [0.1, 0.15) is 0 Å². The molecule has 1 rings (SSSR count). The molecule has 0 spiro atoms. The van der Waals surface area contributed by atoms with E-state index in [4.69, 9.17) is 11.5 Å². The molecule has 0 aliphatic rings. The molecule has 0 saturated carbocycles. The minimum absolute atomic E-state index is 0.0203. The van der Waals surface area contributed by atoms with Gasteiger partial charge in [-0.3, -0.25) is 4.79 Å². The number of amides is 1. The van der Waals surface area contributed by atoms with Crippen LogP contribution in [-0.2, 0) is 4.79 Å². The highest BCUT2D eigenvalue weighted by atomic mass is 19.2. The average Bonchev–Trinajstić information content (AvgIpc) is 2.22. The molecule has 0 fully saturated rings. The molecule has 1 aromatic carbocycles. The summed E-state index contributed by atoms with van der Waals surface area (Å²) < 4.78 is 38.1. The topological polar surface area (TPSA) is 81.1 Å². The lowest BCUT2D eigenvalue weighted by molar-refractivity contribution is -0.118. The Labute approximate surface area is 89.4 Å². The number of halogens is 3. The summed E-state index contributed by atoms with van der Waals surface area (Å²) in [5.74, 6) is -4.95. The maximum Gasteiger partial charge on any atom is 0.236 e. The molecule has 0 bridgehead atoms. The van der Waals surface area contributed by atoms with Crippen LogP contribution in [-0.4, -0.2) is 18.5 Å². The summed E-state index contributed by atoms with van der Waals surface area (Å²) in [6, 6.07) is 0.523. The van der Waals surface area contributed by atoms with E-state index >= 15 is 0 Å². The van der Waals surface area contributed by atoms with Gasteiger partial charge >= 0.3 is 0 Å². The van der Waals surface area contributed by atoms with Gasteiger partial charge in [-0.2, -0.15) is 0 Å². The Bertz CT molecular complexity index is 388. The van der Waals surface area contributed by atoms with Crippen LogP contribution in [0, 0.1) is 17.5 Å². The smallest absolute Gasteiger partial charge is 0.236 e. The molecular formula is C9H10F3N3O. The second kappa shape index (κ2) is 4.84. The van der Waals surface area contributed by atoms with E-state index in [0.717, 1.165) is 12.1 Å². The number of nitrogens with two attached hydrogens (primary N) is 2. The van der Waals surface area contributed by atoms with E-state index in [9.17, 15) is 18.0 Å². The molecule has 1 aromatic rings. The Hall–Kier alpha value is -1.76. The van der Waals surface area contributed by atoms with E-state index < -0.39 is 29.4 Å². The molecule has 1 amide bonds. The first-order valence-corrected chi connectivity index (χ1v) is 4.35. The molecule has 1 atom stereocenters. The minimum Gasteiger partial charge on any atom is -0.383 e. The summed E-state index contributed by atoms with van der Waals surface area (Å²) in [5.41, 5.74) is 10.1. The Morgan fingerprint density at radius 1 is 1.31 bits per heavy atom. The number of benzene rings is 1. The first kappa shape index (κ1) is 12.3. The summed E-state index contributed by atoms with van der Waals surface area (Å²) in [4.78, 5) is 10.6. The molecule has 1 unspecified atom stereocenters. The predicted molar refractivity (Wildman–Crippen MR) is 52.0 cm³/mol. The van der Waals surface area contributed by atoms with Gasteiger partial charge in [-0.1, -0.05) is 0 Å². The number of carbonyl (C=O) groups excluding carboxylic acids is 1. The molecule has 4 nitrogen and oxygen atoms in total. The van der Waals surface area contributed by atoms with Crippen molar-refractivity contribution in [1.82, 2.24) is 0 Å². The number of carbonyl (C=O) groups is 1. The standard InChI is InChI=1S/C9H10F3N3O/c10-5-1-4(2-6(11)8(5)12)15-3-7(13)9(14)16/h1-2,7,15H,3,13H2,(H2,14,16). The van der Waals surface area contributed by atoms with Crippen LogP contribution >= 0.6 is 0 Å². The van der Waals surface area contributed by atoms with Crippen LogP contribution in [0.2, 0.25) is 0 Å². The SMILES string of the molecule is NC(=O)C(N)CNc1cc(F)c(F)c(F)c1. The van der Waals surface area contributed by atoms with Crippen molar-refractivity contribution in [2.45, 2.75) is 6.04 Å². The molecule has 0 saturated heterocycles. The highest BCUT2D eigenvalue weighted by Gasteiger charge is 2.12. The lowest BCUT2D eigenvalue weighted by atomic mass is 10.2. The molecule has 0 aliphatic heterocycles. The molecule has 0 heterocycles. The maximum atomic E-state index is 12.7.